The number of carbonyl (C=O) groups excluding carboxylic acids is 1. The molecular weight excluding hydrogens is 344 g/mol. The number of carbonyl (C=O) groups is 1. The molecule has 0 saturated heterocycles. The van der Waals surface area contributed by atoms with Crippen molar-refractivity contribution in [2.24, 2.45) is 0 Å². The van der Waals surface area contributed by atoms with Crippen molar-refractivity contribution < 1.29 is 9.53 Å². The maximum atomic E-state index is 12.7. The average Bonchev–Trinajstić information content (AvgIpc) is 3.19. The third-order valence-electron chi connectivity index (χ3n) is 4.38. The summed E-state index contributed by atoms with van der Waals surface area (Å²) >= 11 is 0. The summed E-state index contributed by atoms with van der Waals surface area (Å²) in [5, 5.41) is 4.31. The van der Waals surface area contributed by atoms with E-state index < -0.39 is 11.7 Å². The van der Waals surface area contributed by atoms with Gasteiger partial charge in [0.05, 0.1) is 20.2 Å². The van der Waals surface area contributed by atoms with Gasteiger partial charge in [-0.15, -0.1) is 0 Å². The summed E-state index contributed by atoms with van der Waals surface area (Å²) in [4.78, 5) is 26.8. The lowest BCUT2D eigenvalue weighted by atomic mass is 10.2. The van der Waals surface area contributed by atoms with Crippen LogP contribution in [0.5, 0.6) is 5.75 Å². The zero-order valence-electron chi connectivity index (χ0n) is 14.8. The monoisotopic (exact) mass is 362 g/mol. The smallest absolute Gasteiger partial charge is 0.354 e. The zero-order valence-corrected chi connectivity index (χ0v) is 14.8. The molecule has 27 heavy (non-hydrogen) atoms. The van der Waals surface area contributed by atoms with E-state index in [4.69, 9.17) is 4.74 Å². The Morgan fingerprint density at radius 3 is 2.67 bits per heavy atom. The van der Waals surface area contributed by atoms with Gasteiger partial charge in [-0.2, -0.15) is 9.67 Å². The van der Waals surface area contributed by atoms with Gasteiger partial charge in [0.2, 0.25) is 0 Å². The third-order valence-corrected chi connectivity index (χ3v) is 4.38. The van der Waals surface area contributed by atoms with Crippen LogP contribution in [-0.4, -0.2) is 27.5 Å². The molecule has 0 aliphatic carbocycles. The molecule has 7 nitrogen and oxygen atoms in total. The van der Waals surface area contributed by atoms with E-state index in [2.05, 4.69) is 5.10 Å². The molecule has 0 fully saturated rings. The van der Waals surface area contributed by atoms with E-state index in [0.29, 0.717) is 23.8 Å². The lowest BCUT2D eigenvalue weighted by Gasteiger charge is -2.15. The average molecular weight is 362 g/mol. The molecule has 0 radical (unpaired) electrons. The molecule has 3 aromatic rings. The number of hydrogen-bond donors (Lipinski definition) is 0. The van der Waals surface area contributed by atoms with E-state index in [-0.39, 0.29) is 6.54 Å². The number of aromatic nitrogens is 3. The van der Waals surface area contributed by atoms with Crippen LogP contribution in [0, 0.1) is 0 Å². The summed E-state index contributed by atoms with van der Waals surface area (Å²) in [5.74, 6) is 1.08. The number of amides is 1. The summed E-state index contributed by atoms with van der Waals surface area (Å²) in [6, 6.07) is 16.5. The number of nitrogens with zero attached hydrogens (tertiary/aromatic N) is 4. The molecule has 1 aliphatic heterocycles. The van der Waals surface area contributed by atoms with Crippen LogP contribution in [0.3, 0.4) is 0 Å². The van der Waals surface area contributed by atoms with Gasteiger partial charge in [0.15, 0.2) is 5.82 Å². The highest BCUT2D eigenvalue weighted by atomic mass is 16.5. The lowest BCUT2D eigenvalue weighted by molar-refractivity contribution is 0.250. The second-order valence-corrected chi connectivity index (χ2v) is 6.10. The van der Waals surface area contributed by atoms with Crippen LogP contribution in [0.1, 0.15) is 11.4 Å². The predicted molar refractivity (Wildman–Crippen MR) is 102 cm³/mol. The largest absolute Gasteiger partial charge is 0.497 e. The molecule has 1 amide bonds. The highest BCUT2D eigenvalue weighted by molar-refractivity contribution is 5.96. The van der Waals surface area contributed by atoms with E-state index in [1.807, 2.05) is 42.5 Å². The molecular formula is C20H18N4O3. The summed E-state index contributed by atoms with van der Waals surface area (Å²) in [5.41, 5.74) is 1.27. The Balaban J connectivity index is 1.54. The maximum absolute atomic E-state index is 12.7. The van der Waals surface area contributed by atoms with Crippen LogP contribution in [-0.2, 0) is 13.1 Å². The first-order valence-electron chi connectivity index (χ1n) is 8.53. The Hall–Kier alpha value is -3.61. The second-order valence-electron chi connectivity index (χ2n) is 6.10. The predicted octanol–water partition coefficient (Wildman–Crippen LogP) is 2.76. The molecule has 0 spiro atoms. The summed E-state index contributed by atoms with van der Waals surface area (Å²) in [6.45, 7) is 0.552. The molecule has 0 N–H and O–H groups in total. The lowest BCUT2D eigenvalue weighted by Crippen LogP contribution is -2.34. The Bertz CT molecular complexity index is 1070. The number of hydrogen-bond acceptors (Lipinski definition) is 4. The van der Waals surface area contributed by atoms with Crippen molar-refractivity contribution >= 4 is 17.8 Å². The molecule has 0 bridgehead atoms. The van der Waals surface area contributed by atoms with Gasteiger partial charge < -0.3 is 4.74 Å². The quantitative estimate of drug-likeness (QED) is 0.700. The minimum absolute atomic E-state index is 0.247. The van der Waals surface area contributed by atoms with Crippen LogP contribution < -0.4 is 15.3 Å². The highest BCUT2D eigenvalue weighted by Crippen LogP contribution is 2.25. The molecule has 0 atom stereocenters. The number of anilines is 1. The van der Waals surface area contributed by atoms with E-state index in [1.165, 1.54) is 9.58 Å². The van der Waals surface area contributed by atoms with Crippen molar-refractivity contribution in [3.05, 3.63) is 82.5 Å². The molecule has 4 rings (SSSR count). The van der Waals surface area contributed by atoms with E-state index in [1.54, 1.807) is 31.4 Å². The first-order valence-corrected chi connectivity index (χ1v) is 8.53. The van der Waals surface area contributed by atoms with Crippen LogP contribution in [0.2, 0.25) is 0 Å². The molecule has 2 aromatic carbocycles. The Kier molecular flexibility index (Phi) is 4.33. The van der Waals surface area contributed by atoms with Crippen LogP contribution in [0.15, 0.2) is 65.5 Å². The standard InChI is InChI=1S/C20H18N4O3/c1-27-17-11-5-10-16(13-17)22-14-18-21-23(20(26)24(18)19(22)25)12-6-9-15-7-3-2-4-8-15/h2-11,13H,12,14H2,1H3. The van der Waals surface area contributed by atoms with Crippen molar-refractivity contribution in [3.8, 4) is 5.75 Å². The highest BCUT2D eigenvalue weighted by Gasteiger charge is 2.33. The first-order chi connectivity index (χ1) is 13.2. The van der Waals surface area contributed by atoms with Crippen molar-refractivity contribution in [2.45, 2.75) is 13.1 Å². The van der Waals surface area contributed by atoms with Gasteiger partial charge in [0.25, 0.3) is 0 Å². The maximum Gasteiger partial charge on any atom is 0.354 e. The van der Waals surface area contributed by atoms with E-state index in [0.717, 1.165) is 10.1 Å². The Morgan fingerprint density at radius 1 is 1.11 bits per heavy atom. The van der Waals surface area contributed by atoms with Crippen LogP contribution in [0.4, 0.5) is 10.5 Å². The van der Waals surface area contributed by atoms with Gasteiger partial charge in [-0.05, 0) is 17.7 Å². The fourth-order valence-corrected chi connectivity index (χ4v) is 3.03. The number of methoxy groups -OCH3 is 1. The summed E-state index contributed by atoms with van der Waals surface area (Å²) < 4.78 is 7.62. The zero-order chi connectivity index (χ0) is 18.8. The molecule has 1 aliphatic rings. The van der Waals surface area contributed by atoms with Crippen LogP contribution in [0.25, 0.3) is 6.08 Å². The Morgan fingerprint density at radius 2 is 1.93 bits per heavy atom. The second kappa shape index (κ2) is 6.95. The molecule has 2 heterocycles. The van der Waals surface area contributed by atoms with Gasteiger partial charge in [0.1, 0.15) is 5.75 Å². The summed E-state index contributed by atoms with van der Waals surface area (Å²) in [7, 11) is 1.57. The van der Waals surface area contributed by atoms with Gasteiger partial charge in [0, 0.05) is 11.8 Å². The SMILES string of the molecule is COc1cccc(N2Cc3nn(CC=Cc4ccccc4)c(=O)n3C2=O)c1. The van der Waals surface area contributed by atoms with Gasteiger partial charge >= 0.3 is 11.7 Å². The van der Waals surface area contributed by atoms with Crippen molar-refractivity contribution in [2.75, 3.05) is 12.0 Å². The van der Waals surface area contributed by atoms with Crippen molar-refractivity contribution in [3.63, 3.8) is 0 Å². The Labute approximate surface area is 155 Å². The fourth-order valence-electron chi connectivity index (χ4n) is 3.03. The van der Waals surface area contributed by atoms with E-state index >= 15 is 0 Å². The molecule has 0 saturated carbocycles. The minimum Gasteiger partial charge on any atom is -0.497 e. The molecule has 136 valence electrons. The number of rotatable bonds is 5. The number of allylic oxidation sites excluding steroid dienone is 1. The summed E-state index contributed by atoms with van der Waals surface area (Å²) in [6.07, 6.45) is 3.77. The van der Waals surface area contributed by atoms with Gasteiger partial charge in [-0.1, -0.05) is 48.6 Å². The van der Waals surface area contributed by atoms with Crippen LogP contribution >= 0.6 is 0 Å². The van der Waals surface area contributed by atoms with Gasteiger partial charge in [-0.25, -0.2) is 14.3 Å². The third kappa shape index (κ3) is 3.15. The first kappa shape index (κ1) is 16.8. The van der Waals surface area contributed by atoms with Gasteiger partial charge in [-0.3, -0.25) is 4.90 Å². The van der Waals surface area contributed by atoms with Crippen molar-refractivity contribution in [1.29, 1.82) is 0 Å². The molecule has 0 unspecified atom stereocenters. The topological polar surface area (TPSA) is 69.4 Å². The number of ether oxygens (including phenoxy) is 1. The fraction of sp³-hybridized carbons (Fsp3) is 0.150. The van der Waals surface area contributed by atoms with Crippen molar-refractivity contribution in [1.82, 2.24) is 14.3 Å². The normalized spacial score (nSPS) is 13.4. The molecule has 1 aromatic heterocycles. The molecule has 7 heteroatoms. The number of fused-ring (bicyclic) bond motifs is 1. The number of benzene rings is 2. The minimum atomic E-state index is -0.432. The van der Waals surface area contributed by atoms with E-state index in [9.17, 15) is 9.59 Å².